The summed E-state index contributed by atoms with van der Waals surface area (Å²) < 4.78 is 5.33. The van der Waals surface area contributed by atoms with Gasteiger partial charge in [0, 0.05) is 0 Å². The molecule has 0 saturated heterocycles. The first-order valence-corrected chi connectivity index (χ1v) is 7.62. The van der Waals surface area contributed by atoms with E-state index >= 15 is 0 Å². The second-order valence-electron chi connectivity index (χ2n) is 5.34. The normalized spacial score (nSPS) is 10.4. The van der Waals surface area contributed by atoms with E-state index in [4.69, 9.17) is 4.74 Å². The fraction of sp³-hybridized carbons (Fsp3) is 0.0952. The number of carbonyl (C=O) groups is 1. The lowest BCUT2D eigenvalue weighted by Gasteiger charge is -2.12. The third kappa shape index (κ3) is 3.32. The number of hydrogen-bond donors (Lipinski definition) is 0. The van der Waals surface area contributed by atoms with Crippen LogP contribution < -0.4 is 0 Å². The number of ether oxygens (including phenoxy) is 1. The quantitative estimate of drug-likeness (QED) is 0.482. The molecule has 23 heavy (non-hydrogen) atoms. The lowest BCUT2D eigenvalue weighted by molar-refractivity contribution is -0.143. The molecule has 0 aliphatic carbocycles. The number of esters is 1. The van der Waals surface area contributed by atoms with Crippen LogP contribution in [0.15, 0.2) is 79.4 Å². The van der Waals surface area contributed by atoms with Crippen molar-refractivity contribution in [1.29, 1.82) is 0 Å². The van der Waals surface area contributed by atoms with Gasteiger partial charge in [0.05, 0.1) is 6.42 Å². The molecule has 0 radical (unpaired) electrons. The van der Waals surface area contributed by atoms with Crippen LogP contribution in [0.3, 0.4) is 0 Å². The molecule has 0 bridgehead atoms. The molecular weight excluding hydrogens is 284 g/mol. The van der Waals surface area contributed by atoms with Crippen LogP contribution in [0.25, 0.3) is 21.9 Å². The van der Waals surface area contributed by atoms with E-state index in [0.29, 0.717) is 0 Å². The van der Waals surface area contributed by atoms with Gasteiger partial charge in [-0.3, -0.25) is 4.79 Å². The molecule has 0 aliphatic rings. The molecule has 0 saturated carbocycles. The second-order valence-corrected chi connectivity index (χ2v) is 5.34. The molecule has 0 spiro atoms. The summed E-state index contributed by atoms with van der Waals surface area (Å²) in [6.45, 7) is 3.82. The number of rotatable bonds is 5. The highest BCUT2D eigenvalue weighted by atomic mass is 16.5. The number of hydrogen-bond acceptors (Lipinski definition) is 2. The van der Waals surface area contributed by atoms with E-state index in [1.54, 1.807) is 6.08 Å². The largest absolute Gasteiger partial charge is 0.461 e. The Morgan fingerprint density at radius 3 is 2.48 bits per heavy atom. The minimum atomic E-state index is -0.257. The van der Waals surface area contributed by atoms with Gasteiger partial charge in [-0.1, -0.05) is 72.8 Å². The van der Waals surface area contributed by atoms with Crippen LogP contribution in [-0.4, -0.2) is 5.97 Å². The van der Waals surface area contributed by atoms with Gasteiger partial charge in [-0.2, -0.15) is 0 Å². The maximum absolute atomic E-state index is 11.6. The van der Waals surface area contributed by atoms with E-state index in [2.05, 4.69) is 43.0 Å². The van der Waals surface area contributed by atoms with Crippen LogP contribution in [0.5, 0.6) is 0 Å². The Labute approximate surface area is 136 Å². The molecule has 3 rings (SSSR count). The van der Waals surface area contributed by atoms with Crippen molar-refractivity contribution < 1.29 is 9.53 Å². The van der Waals surface area contributed by atoms with Gasteiger partial charge in [0.2, 0.25) is 0 Å². The van der Waals surface area contributed by atoms with Gasteiger partial charge in [0.15, 0.2) is 0 Å². The van der Waals surface area contributed by atoms with Crippen LogP contribution in [0.4, 0.5) is 0 Å². The van der Waals surface area contributed by atoms with Crippen molar-refractivity contribution in [3.63, 3.8) is 0 Å². The molecule has 3 aromatic rings. The first kappa shape index (κ1) is 15.0. The molecule has 2 nitrogen and oxygen atoms in total. The molecule has 0 N–H and O–H groups in total. The average Bonchev–Trinajstić information content (AvgIpc) is 2.60. The van der Waals surface area contributed by atoms with Gasteiger partial charge in [-0.25, -0.2) is 0 Å². The Morgan fingerprint density at radius 1 is 0.913 bits per heavy atom. The summed E-state index contributed by atoms with van der Waals surface area (Å²) in [5.41, 5.74) is 3.25. The van der Waals surface area contributed by atoms with Crippen molar-refractivity contribution in [2.45, 2.75) is 13.0 Å². The van der Waals surface area contributed by atoms with Crippen LogP contribution in [0.2, 0.25) is 0 Å². The van der Waals surface area contributed by atoms with E-state index in [1.807, 2.05) is 30.3 Å². The van der Waals surface area contributed by atoms with Gasteiger partial charge in [0.25, 0.3) is 0 Å². The van der Waals surface area contributed by atoms with Crippen molar-refractivity contribution in [2.24, 2.45) is 0 Å². The third-order valence-corrected chi connectivity index (χ3v) is 3.80. The first-order chi connectivity index (χ1) is 11.3. The van der Waals surface area contributed by atoms with Crippen molar-refractivity contribution in [3.05, 3.63) is 84.9 Å². The average molecular weight is 302 g/mol. The van der Waals surface area contributed by atoms with Crippen molar-refractivity contribution >= 4 is 16.7 Å². The summed E-state index contributed by atoms with van der Waals surface area (Å²) in [5.74, 6) is -0.257. The maximum Gasteiger partial charge on any atom is 0.309 e. The SMILES string of the molecule is C=CCC(=O)OCc1ccccc1-c1cccc2ccccc12. The van der Waals surface area contributed by atoms with Crippen LogP contribution in [-0.2, 0) is 16.1 Å². The molecule has 0 fully saturated rings. The smallest absolute Gasteiger partial charge is 0.309 e. The van der Waals surface area contributed by atoms with Gasteiger partial charge in [-0.15, -0.1) is 6.58 Å². The summed E-state index contributed by atoms with van der Waals surface area (Å²) in [6, 6.07) is 22.6. The monoisotopic (exact) mass is 302 g/mol. The minimum absolute atomic E-state index is 0.233. The maximum atomic E-state index is 11.6. The van der Waals surface area contributed by atoms with Crippen LogP contribution >= 0.6 is 0 Å². The Bertz CT molecular complexity index is 844. The molecule has 0 amide bonds. The highest BCUT2D eigenvalue weighted by molar-refractivity contribution is 5.97. The second kappa shape index (κ2) is 6.93. The fourth-order valence-corrected chi connectivity index (χ4v) is 2.70. The van der Waals surface area contributed by atoms with Crippen molar-refractivity contribution in [1.82, 2.24) is 0 Å². The lowest BCUT2D eigenvalue weighted by atomic mass is 9.95. The Morgan fingerprint density at radius 2 is 1.61 bits per heavy atom. The molecule has 0 atom stereocenters. The summed E-state index contributed by atoms with van der Waals surface area (Å²) in [7, 11) is 0. The predicted molar refractivity (Wildman–Crippen MR) is 94.0 cm³/mol. The Balaban J connectivity index is 1.99. The molecule has 3 aromatic carbocycles. The predicted octanol–water partition coefficient (Wildman–Crippen LogP) is 5.13. The van der Waals surface area contributed by atoms with Gasteiger partial charge < -0.3 is 4.74 Å². The standard InChI is InChI=1S/C21H18O2/c1-2-8-21(22)23-15-17-10-4-6-13-19(17)20-14-7-11-16-9-3-5-12-18(16)20/h2-7,9-14H,1,8,15H2. The number of carbonyl (C=O) groups excluding carboxylic acids is 1. The zero-order chi connectivity index (χ0) is 16.1. The highest BCUT2D eigenvalue weighted by Gasteiger charge is 2.09. The van der Waals surface area contributed by atoms with Crippen LogP contribution in [0, 0.1) is 0 Å². The molecule has 0 aromatic heterocycles. The molecule has 0 heterocycles. The first-order valence-electron chi connectivity index (χ1n) is 7.62. The zero-order valence-electron chi connectivity index (χ0n) is 12.9. The van der Waals surface area contributed by atoms with E-state index in [1.165, 1.54) is 10.8 Å². The zero-order valence-corrected chi connectivity index (χ0v) is 12.9. The summed E-state index contributed by atoms with van der Waals surface area (Å²) >= 11 is 0. The fourth-order valence-electron chi connectivity index (χ4n) is 2.70. The van der Waals surface area contributed by atoms with Gasteiger partial charge in [-0.05, 0) is 27.5 Å². The molecule has 2 heteroatoms. The Hall–Kier alpha value is -2.87. The van der Waals surface area contributed by atoms with Crippen LogP contribution in [0.1, 0.15) is 12.0 Å². The van der Waals surface area contributed by atoms with Gasteiger partial charge >= 0.3 is 5.97 Å². The third-order valence-electron chi connectivity index (χ3n) is 3.80. The van der Waals surface area contributed by atoms with E-state index < -0.39 is 0 Å². The van der Waals surface area contributed by atoms with Crippen molar-refractivity contribution in [2.75, 3.05) is 0 Å². The van der Waals surface area contributed by atoms with E-state index in [0.717, 1.165) is 16.7 Å². The van der Waals surface area contributed by atoms with Crippen molar-refractivity contribution in [3.8, 4) is 11.1 Å². The van der Waals surface area contributed by atoms with E-state index in [-0.39, 0.29) is 19.0 Å². The summed E-state index contributed by atoms with van der Waals surface area (Å²) in [6.07, 6.45) is 1.79. The number of fused-ring (bicyclic) bond motifs is 1. The van der Waals surface area contributed by atoms with E-state index in [9.17, 15) is 4.79 Å². The summed E-state index contributed by atoms with van der Waals surface area (Å²) in [4.78, 5) is 11.6. The lowest BCUT2D eigenvalue weighted by Crippen LogP contribution is -2.03. The number of benzene rings is 3. The topological polar surface area (TPSA) is 26.3 Å². The molecule has 0 unspecified atom stereocenters. The minimum Gasteiger partial charge on any atom is -0.461 e. The highest BCUT2D eigenvalue weighted by Crippen LogP contribution is 2.31. The molecule has 114 valence electrons. The molecular formula is C21H18O2. The van der Waals surface area contributed by atoms with Gasteiger partial charge in [0.1, 0.15) is 6.61 Å². The molecule has 0 aliphatic heterocycles. The summed E-state index contributed by atoms with van der Waals surface area (Å²) in [5, 5.41) is 2.39. The Kier molecular flexibility index (Phi) is 4.53.